The van der Waals surface area contributed by atoms with Crippen LogP contribution in [0, 0.1) is 37.0 Å². The summed E-state index contributed by atoms with van der Waals surface area (Å²) < 4.78 is 5.07. The van der Waals surface area contributed by atoms with Crippen molar-refractivity contribution in [3.63, 3.8) is 0 Å². The van der Waals surface area contributed by atoms with Crippen LogP contribution in [0.5, 0.6) is 0 Å². The minimum absolute atomic E-state index is 0.0783. The fraction of sp³-hybridized carbons (Fsp3) is 0.625. The summed E-state index contributed by atoms with van der Waals surface area (Å²) in [5.74, 6) is 1.40. The molecule has 2 amide bonds. The predicted molar refractivity (Wildman–Crippen MR) is 114 cm³/mol. The normalized spacial score (nSPS) is 28.8. The number of hydrogen-bond acceptors (Lipinski definition) is 4. The van der Waals surface area contributed by atoms with Gasteiger partial charge in [0.05, 0.1) is 6.42 Å². The molecule has 6 heteroatoms. The van der Waals surface area contributed by atoms with Crippen molar-refractivity contribution in [2.45, 2.75) is 58.8 Å². The second-order valence-corrected chi connectivity index (χ2v) is 9.73. The third-order valence-electron chi connectivity index (χ3n) is 7.15. The smallest absolute Gasteiger partial charge is 0.308 e. The molecule has 0 saturated heterocycles. The van der Waals surface area contributed by atoms with Crippen molar-refractivity contribution in [3.8, 4) is 0 Å². The number of carbonyl (C=O) groups excluding carboxylic acids is 3. The van der Waals surface area contributed by atoms with Crippen LogP contribution in [0.3, 0.4) is 0 Å². The van der Waals surface area contributed by atoms with E-state index < -0.39 is 5.97 Å². The van der Waals surface area contributed by atoms with Crippen LogP contribution < -0.4 is 10.6 Å². The molecule has 0 spiro atoms. The zero-order valence-electron chi connectivity index (χ0n) is 18.0. The van der Waals surface area contributed by atoms with Crippen LogP contribution in [0.25, 0.3) is 0 Å². The Kier molecular flexibility index (Phi) is 5.85. The van der Waals surface area contributed by atoms with E-state index in [1.165, 1.54) is 19.3 Å². The Labute approximate surface area is 178 Å². The monoisotopic (exact) mass is 412 g/mol. The van der Waals surface area contributed by atoms with Crippen LogP contribution in [0.2, 0.25) is 0 Å². The Bertz CT molecular complexity index is 812. The van der Waals surface area contributed by atoms with Crippen molar-refractivity contribution < 1.29 is 19.1 Å². The van der Waals surface area contributed by atoms with Crippen molar-refractivity contribution in [2.75, 3.05) is 18.5 Å². The Morgan fingerprint density at radius 1 is 1.03 bits per heavy atom. The molecule has 6 nitrogen and oxygen atoms in total. The van der Waals surface area contributed by atoms with Gasteiger partial charge < -0.3 is 15.4 Å². The molecular formula is C24H32N2O4. The maximum atomic E-state index is 12.9. The van der Waals surface area contributed by atoms with Gasteiger partial charge in [0.15, 0.2) is 6.61 Å². The van der Waals surface area contributed by atoms with Gasteiger partial charge >= 0.3 is 5.97 Å². The van der Waals surface area contributed by atoms with Crippen LogP contribution in [0.1, 0.15) is 56.1 Å². The van der Waals surface area contributed by atoms with Gasteiger partial charge in [0, 0.05) is 17.6 Å². The summed E-state index contributed by atoms with van der Waals surface area (Å²) in [5.41, 5.74) is 2.59. The summed E-state index contributed by atoms with van der Waals surface area (Å²) in [4.78, 5) is 36.9. The standard InChI is InChI=1S/C24H32N2O4/c1-15-3-4-20(16(2)7-15)26-21(27)14-30-22(28)5-6-25-23(29)24-11-17-8-18(12-24)10-19(9-17)13-24/h3-4,7,17-19H,5-6,8-14H2,1-2H3,(H,25,29)(H,26,27). The second kappa shape index (κ2) is 8.40. The molecule has 4 saturated carbocycles. The van der Waals surface area contributed by atoms with Crippen LogP contribution in [0.4, 0.5) is 5.69 Å². The molecule has 1 aromatic rings. The molecule has 162 valence electrons. The topological polar surface area (TPSA) is 84.5 Å². The molecule has 1 aromatic carbocycles. The fourth-order valence-electron chi connectivity index (χ4n) is 6.21. The lowest BCUT2D eigenvalue weighted by molar-refractivity contribution is -0.148. The molecule has 0 radical (unpaired) electrons. The van der Waals surface area contributed by atoms with Gasteiger partial charge in [-0.1, -0.05) is 17.7 Å². The molecule has 4 aliphatic rings. The van der Waals surface area contributed by atoms with Gasteiger partial charge in [-0.3, -0.25) is 14.4 Å². The number of rotatable bonds is 7. The van der Waals surface area contributed by atoms with E-state index >= 15 is 0 Å². The molecular weight excluding hydrogens is 380 g/mol. The number of anilines is 1. The second-order valence-electron chi connectivity index (χ2n) is 9.73. The highest BCUT2D eigenvalue weighted by molar-refractivity contribution is 5.93. The van der Waals surface area contributed by atoms with E-state index in [0.29, 0.717) is 23.4 Å². The number of amides is 2. The minimum atomic E-state index is -0.475. The summed E-state index contributed by atoms with van der Waals surface area (Å²) in [5, 5.41) is 5.73. The number of ether oxygens (including phenoxy) is 1. The molecule has 0 atom stereocenters. The zero-order valence-corrected chi connectivity index (χ0v) is 18.0. The van der Waals surface area contributed by atoms with Crippen molar-refractivity contribution in [1.29, 1.82) is 0 Å². The first-order valence-electron chi connectivity index (χ1n) is 11.1. The van der Waals surface area contributed by atoms with Gasteiger partial charge in [0.1, 0.15) is 0 Å². The van der Waals surface area contributed by atoms with E-state index in [0.717, 1.165) is 30.4 Å². The van der Waals surface area contributed by atoms with Crippen LogP contribution >= 0.6 is 0 Å². The largest absolute Gasteiger partial charge is 0.456 e. The Morgan fingerprint density at radius 2 is 1.67 bits per heavy atom. The predicted octanol–water partition coefficient (Wildman–Crippen LogP) is 3.51. The molecule has 4 fully saturated rings. The number of hydrogen-bond donors (Lipinski definition) is 2. The number of benzene rings is 1. The van der Waals surface area contributed by atoms with E-state index in [9.17, 15) is 14.4 Å². The highest BCUT2D eigenvalue weighted by Gasteiger charge is 2.54. The summed E-state index contributed by atoms with van der Waals surface area (Å²) >= 11 is 0. The molecule has 0 aliphatic heterocycles. The molecule has 4 aliphatic carbocycles. The number of aryl methyl sites for hydroxylation is 2. The average molecular weight is 413 g/mol. The van der Waals surface area contributed by atoms with E-state index in [1.54, 1.807) is 0 Å². The SMILES string of the molecule is Cc1ccc(NC(=O)COC(=O)CCNC(=O)C23CC4CC(CC(C4)C2)C3)c(C)c1. The van der Waals surface area contributed by atoms with E-state index in [1.807, 2.05) is 32.0 Å². The molecule has 30 heavy (non-hydrogen) atoms. The molecule has 5 rings (SSSR count). The van der Waals surface area contributed by atoms with Crippen molar-refractivity contribution in [1.82, 2.24) is 5.32 Å². The highest BCUT2D eigenvalue weighted by atomic mass is 16.5. The van der Waals surface area contributed by atoms with E-state index in [-0.39, 0.29) is 36.8 Å². The van der Waals surface area contributed by atoms with Crippen LogP contribution in [0.15, 0.2) is 18.2 Å². The first kappa shape index (κ1) is 20.9. The number of carbonyl (C=O) groups is 3. The molecule has 0 unspecified atom stereocenters. The molecule has 0 aromatic heterocycles. The molecule has 4 bridgehead atoms. The molecule has 2 N–H and O–H groups in total. The van der Waals surface area contributed by atoms with Gasteiger partial charge in [-0.05, 0) is 81.8 Å². The van der Waals surface area contributed by atoms with Crippen molar-refractivity contribution in [3.05, 3.63) is 29.3 Å². The first-order valence-corrected chi connectivity index (χ1v) is 11.1. The molecule has 0 heterocycles. The third kappa shape index (κ3) is 4.52. The van der Waals surface area contributed by atoms with Gasteiger partial charge in [-0.15, -0.1) is 0 Å². The van der Waals surface area contributed by atoms with Crippen LogP contribution in [-0.2, 0) is 19.1 Å². The lowest BCUT2D eigenvalue weighted by Crippen LogP contribution is -2.53. The summed E-state index contributed by atoms with van der Waals surface area (Å²) in [6.07, 6.45) is 6.99. The maximum absolute atomic E-state index is 12.9. The number of nitrogens with one attached hydrogen (secondary N) is 2. The quantitative estimate of drug-likeness (QED) is 0.671. The van der Waals surface area contributed by atoms with Crippen molar-refractivity contribution >= 4 is 23.5 Å². The lowest BCUT2D eigenvalue weighted by atomic mass is 9.49. The Morgan fingerprint density at radius 3 is 2.27 bits per heavy atom. The van der Waals surface area contributed by atoms with Crippen LogP contribution in [-0.4, -0.2) is 30.9 Å². The van der Waals surface area contributed by atoms with E-state index in [4.69, 9.17) is 4.74 Å². The fourth-order valence-corrected chi connectivity index (χ4v) is 6.21. The lowest BCUT2D eigenvalue weighted by Gasteiger charge is -2.55. The zero-order chi connectivity index (χ0) is 21.3. The maximum Gasteiger partial charge on any atom is 0.308 e. The van der Waals surface area contributed by atoms with Gasteiger partial charge in [0.2, 0.25) is 5.91 Å². The highest BCUT2D eigenvalue weighted by Crippen LogP contribution is 2.60. The third-order valence-corrected chi connectivity index (χ3v) is 7.15. The summed E-state index contributed by atoms with van der Waals surface area (Å²) in [7, 11) is 0. The summed E-state index contributed by atoms with van der Waals surface area (Å²) in [6.45, 7) is 3.84. The minimum Gasteiger partial charge on any atom is -0.456 e. The Hall–Kier alpha value is -2.37. The number of esters is 1. The van der Waals surface area contributed by atoms with Gasteiger partial charge in [0.25, 0.3) is 5.91 Å². The van der Waals surface area contributed by atoms with Gasteiger partial charge in [-0.2, -0.15) is 0 Å². The van der Waals surface area contributed by atoms with E-state index in [2.05, 4.69) is 10.6 Å². The first-order chi connectivity index (χ1) is 14.3. The Balaban J connectivity index is 1.17. The average Bonchev–Trinajstić information content (AvgIpc) is 2.67. The summed E-state index contributed by atoms with van der Waals surface area (Å²) in [6, 6.07) is 5.74. The van der Waals surface area contributed by atoms with Crippen molar-refractivity contribution in [2.24, 2.45) is 23.2 Å². The van der Waals surface area contributed by atoms with Gasteiger partial charge in [-0.25, -0.2) is 0 Å².